The summed E-state index contributed by atoms with van der Waals surface area (Å²) in [5.41, 5.74) is 20.7. The molecule has 0 fully saturated rings. The van der Waals surface area contributed by atoms with Gasteiger partial charge in [0.25, 0.3) is 0 Å². The zero-order valence-electron chi connectivity index (χ0n) is 35.5. The van der Waals surface area contributed by atoms with Crippen LogP contribution in [0.5, 0.6) is 0 Å². The summed E-state index contributed by atoms with van der Waals surface area (Å²) >= 11 is 0. The molecular formula is C62H45N. The van der Waals surface area contributed by atoms with Gasteiger partial charge in [0.1, 0.15) is 0 Å². The lowest BCUT2D eigenvalue weighted by Gasteiger charge is -2.34. The molecular weight excluding hydrogens is 759 g/mol. The van der Waals surface area contributed by atoms with E-state index >= 15 is 0 Å². The van der Waals surface area contributed by atoms with E-state index in [0.717, 1.165) is 17.1 Å². The molecule has 0 aliphatic heterocycles. The molecule has 0 bridgehead atoms. The second-order valence-corrected chi connectivity index (χ2v) is 17.6. The molecule has 0 atom stereocenters. The maximum absolute atomic E-state index is 2.50. The van der Waals surface area contributed by atoms with E-state index in [1.807, 2.05) is 0 Å². The number of nitrogens with zero attached hydrogens (tertiary/aromatic N) is 1. The van der Waals surface area contributed by atoms with Crippen LogP contribution in [0.2, 0.25) is 0 Å². The van der Waals surface area contributed by atoms with Gasteiger partial charge < -0.3 is 4.90 Å². The van der Waals surface area contributed by atoms with Crippen molar-refractivity contribution in [3.8, 4) is 44.5 Å². The molecule has 63 heavy (non-hydrogen) atoms. The van der Waals surface area contributed by atoms with Crippen LogP contribution in [0.1, 0.15) is 47.2 Å². The van der Waals surface area contributed by atoms with E-state index in [0.29, 0.717) is 0 Å². The van der Waals surface area contributed by atoms with Gasteiger partial charge in [0.15, 0.2) is 0 Å². The molecule has 1 nitrogen and oxygen atoms in total. The first-order valence-corrected chi connectivity index (χ1v) is 22.1. The molecule has 2 aliphatic rings. The molecule has 0 saturated heterocycles. The topological polar surface area (TPSA) is 3.24 Å². The fourth-order valence-corrected chi connectivity index (χ4v) is 11.3. The first-order chi connectivity index (χ1) is 31.0. The van der Waals surface area contributed by atoms with E-state index in [9.17, 15) is 0 Å². The van der Waals surface area contributed by atoms with Crippen LogP contribution >= 0.6 is 0 Å². The van der Waals surface area contributed by atoms with Gasteiger partial charge in [-0.2, -0.15) is 0 Å². The Balaban J connectivity index is 1.09. The monoisotopic (exact) mass is 803 g/mol. The minimum atomic E-state index is -0.511. The Morgan fingerprint density at radius 3 is 1.68 bits per heavy atom. The molecule has 12 rings (SSSR count). The summed E-state index contributed by atoms with van der Waals surface area (Å²) in [5.74, 6) is 0. The largest absolute Gasteiger partial charge is 0.310 e. The van der Waals surface area contributed by atoms with Crippen molar-refractivity contribution in [3.63, 3.8) is 0 Å². The Morgan fingerprint density at radius 1 is 0.349 bits per heavy atom. The molecule has 0 N–H and O–H groups in total. The molecule has 10 aromatic rings. The summed E-state index contributed by atoms with van der Waals surface area (Å²) < 4.78 is 0. The second kappa shape index (κ2) is 14.4. The Bertz CT molecular complexity index is 3310. The summed E-state index contributed by atoms with van der Waals surface area (Å²) in [5, 5.41) is 2.49. The lowest BCUT2D eigenvalue weighted by atomic mass is 9.68. The third-order valence-corrected chi connectivity index (χ3v) is 13.9. The van der Waals surface area contributed by atoms with E-state index < -0.39 is 5.41 Å². The minimum Gasteiger partial charge on any atom is -0.310 e. The first kappa shape index (κ1) is 37.1. The van der Waals surface area contributed by atoms with Crippen molar-refractivity contribution in [2.75, 3.05) is 4.90 Å². The van der Waals surface area contributed by atoms with Crippen molar-refractivity contribution >= 4 is 27.8 Å². The number of anilines is 3. The number of benzene rings is 10. The molecule has 0 heterocycles. The quantitative estimate of drug-likeness (QED) is 0.155. The average molecular weight is 804 g/mol. The van der Waals surface area contributed by atoms with Crippen molar-refractivity contribution in [1.82, 2.24) is 0 Å². The lowest BCUT2D eigenvalue weighted by Crippen LogP contribution is -2.28. The summed E-state index contributed by atoms with van der Waals surface area (Å²) in [6.07, 6.45) is 0. The van der Waals surface area contributed by atoms with E-state index in [2.05, 4.69) is 255 Å². The zero-order chi connectivity index (χ0) is 42.1. The summed E-state index contributed by atoms with van der Waals surface area (Å²) in [4.78, 5) is 2.50. The highest BCUT2D eigenvalue weighted by atomic mass is 15.1. The van der Waals surface area contributed by atoms with Gasteiger partial charge in [-0.15, -0.1) is 0 Å². The molecule has 1 heteroatoms. The number of fused-ring (bicyclic) bond motifs is 7. The third-order valence-electron chi connectivity index (χ3n) is 13.9. The molecule has 0 aromatic heterocycles. The van der Waals surface area contributed by atoms with E-state index in [1.54, 1.807) is 0 Å². The SMILES string of the molecule is CC1(C)c2ccccc2-c2cccc(-c3ccc(N(c4cccc(-c5cccc6ccccc56)c4)c4cccc5c4-c4ccccc4C5(c4ccccc4)c4ccccc4)cc3)c21. The first-order valence-electron chi connectivity index (χ1n) is 22.1. The predicted molar refractivity (Wildman–Crippen MR) is 264 cm³/mol. The van der Waals surface area contributed by atoms with E-state index in [1.165, 1.54) is 88.7 Å². The lowest BCUT2D eigenvalue weighted by molar-refractivity contribution is 0.662. The minimum absolute atomic E-state index is 0.114. The molecule has 0 amide bonds. The zero-order valence-corrected chi connectivity index (χ0v) is 35.5. The van der Waals surface area contributed by atoms with Crippen LogP contribution in [0.25, 0.3) is 55.3 Å². The van der Waals surface area contributed by atoms with Crippen LogP contribution in [-0.4, -0.2) is 0 Å². The van der Waals surface area contributed by atoms with E-state index in [-0.39, 0.29) is 5.41 Å². The predicted octanol–water partition coefficient (Wildman–Crippen LogP) is 16.3. The number of hydrogen-bond acceptors (Lipinski definition) is 1. The number of rotatable bonds is 7. The summed E-state index contributed by atoms with van der Waals surface area (Å²) in [6, 6.07) is 87.7. The standard InChI is InChI=1S/C62H45N/c1-61(2)55-33-13-11-28-52(55)53-32-17-31-51(60(53)61)43-37-39-47(40-38-43)63(48-26-15-21-44(41-48)50-30-16-20-42-19-9-10-27-49(42)50)58-36-18-35-57-59(58)54-29-12-14-34-56(54)62(57,45-22-5-3-6-23-45)46-24-7-4-8-25-46/h3-41H,1-2H3. The van der Waals surface area contributed by atoms with Crippen LogP contribution in [0.15, 0.2) is 237 Å². The Hall–Kier alpha value is -7.74. The molecule has 0 spiro atoms. The Morgan fingerprint density at radius 2 is 0.905 bits per heavy atom. The second-order valence-electron chi connectivity index (χ2n) is 17.6. The van der Waals surface area contributed by atoms with Gasteiger partial charge in [-0.25, -0.2) is 0 Å². The molecule has 2 aliphatic carbocycles. The molecule has 0 saturated carbocycles. The average Bonchev–Trinajstić information content (AvgIpc) is 3.79. The van der Waals surface area contributed by atoms with Crippen LogP contribution in [0.4, 0.5) is 17.1 Å². The van der Waals surface area contributed by atoms with Crippen molar-refractivity contribution in [3.05, 3.63) is 270 Å². The van der Waals surface area contributed by atoms with Gasteiger partial charge in [-0.05, 0) is 113 Å². The number of hydrogen-bond donors (Lipinski definition) is 0. The van der Waals surface area contributed by atoms with Crippen LogP contribution in [0.3, 0.4) is 0 Å². The van der Waals surface area contributed by atoms with Gasteiger partial charge in [-0.1, -0.05) is 220 Å². The van der Waals surface area contributed by atoms with Gasteiger partial charge >= 0.3 is 0 Å². The molecule has 298 valence electrons. The molecule has 0 unspecified atom stereocenters. The Kier molecular flexibility index (Phi) is 8.49. The van der Waals surface area contributed by atoms with Crippen molar-refractivity contribution in [1.29, 1.82) is 0 Å². The molecule has 10 aromatic carbocycles. The van der Waals surface area contributed by atoms with Crippen molar-refractivity contribution < 1.29 is 0 Å². The summed E-state index contributed by atoms with van der Waals surface area (Å²) in [7, 11) is 0. The fourth-order valence-electron chi connectivity index (χ4n) is 11.3. The maximum atomic E-state index is 2.50. The highest BCUT2D eigenvalue weighted by Gasteiger charge is 2.47. The van der Waals surface area contributed by atoms with Crippen LogP contribution in [-0.2, 0) is 10.8 Å². The highest BCUT2D eigenvalue weighted by Crippen LogP contribution is 2.60. The smallest absolute Gasteiger partial charge is 0.0714 e. The highest BCUT2D eigenvalue weighted by molar-refractivity contribution is 6.00. The Labute approximate surface area is 370 Å². The normalized spacial score (nSPS) is 13.8. The van der Waals surface area contributed by atoms with Crippen molar-refractivity contribution in [2.45, 2.75) is 24.7 Å². The molecule has 0 radical (unpaired) electrons. The van der Waals surface area contributed by atoms with Crippen molar-refractivity contribution in [2.24, 2.45) is 0 Å². The van der Waals surface area contributed by atoms with Crippen LogP contribution in [0, 0.1) is 0 Å². The maximum Gasteiger partial charge on any atom is 0.0714 e. The van der Waals surface area contributed by atoms with Gasteiger partial charge in [0.2, 0.25) is 0 Å². The van der Waals surface area contributed by atoms with Gasteiger partial charge in [-0.3, -0.25) is 0 Å². The third kappa shape index (κ3) is 5.56. The summed E-state index contributed by atoms with van der Waals surface area (Å²) in [6.45, 7) is 4.75. The van der Waals surface area contributed by atoms with Crippen LogP contribution < -0.4 is 4.90 Å². The van der Waals surface area contributed by atoms with Gasteiger partial charge in [0, 0.05) is 22.4 Å². The fraction of sp³-hybridized carbons (Fsp3) is 0.0645. The van der Waals surface area contributed by atoms with E-state index in [4.69, 9.17) is 0 Å². The van der Waals surface area contributed by atoms with Gasteiger partial charge in [0.05, 0.1) is 11.1 Å².